The van der Waals surface area contributed by atoms with Crippen molar-refractivity contribution in [1.82, 2.24) is 24.8 Å². The van der Waals surface area contributed by atoms with Crippen LogP contribution in [0.3, 0.4) is 0 Å². The first kappa shape index (κ1) is 20.4. The van der Waals surface area contributed by atoms with Crippen LogP contribution in [0.15, 0.2) is 30.6 Å². The molecule has 2 aliphatic heterocycles. The van der Waals surface area contributed by atoms with Gasteiger partial charge in [-0.2, -0.15) is 9.97 Å². The van der Waals surface area contributed by atoms with Gasteiger partial charge in [-0.15, -0.1) is 0 Å². The number of nitrogens with zero attached hydrogens (tertiary/aromatic N) is 4. The van der Waals surface area contributed by atoms with Gasteiger partial charge in [0.25, 0.3) is 5.91 Å². The van der Waals surface area contributed by atoms with Gasteiger partial charge in [-0.05, 0) is 29.3 Å². The molecular weight excluding hydrogens is 447 g/mol. The van der Waals surface area contributed by atoms with Crippen LogP contribution in [0.2, 0.25) is 10.3 Å². The summed E-state index contributed by atoms with van der Waals surface area (Å²) in [6, 6.07) is 7.42. The Kier molecular flexibility index (Phi) is 4.98. The van der Waals surface area contributed by atoms with Gasteiger partial charge in [0.1, 0.15) is 12.2 Å². The number of nitrogens with one attached hydrogen (secondary N) is 2. The maximum absolute atomic E-state index is 12.4. The fourth-order valence-corrected chi connectivity index (χ4v) is 4.38. The zero-order valence-corrected chi connectivity index (χ0v) is 17.8. The standard InChI is InChI=1S/C19H18Cl2N6O4/c1-22-17(29)19-7-30-12(13(19)28)16(31-19)27-8-24-11-14(25-18(21)26-15(11)27)23-6-9-3-2-4-10(20)5-9/h2-5,8,12-13,16,28H,6-7H2,1H3,(H,22,29)(H,23,25,26)/t12-,13?,16+,19+/m0/s1. The highest BCUT2D eigenvalue weighted by atomic mass is 35.5. The lowest BCUT2D eigenvalue weighted by Crippen LogP contribution is -2.53. The van der Waals surface area contributed by atoms with Crippen molar-refractivity contribution in [2.45, 2.75) is 30.6 Å². The van der Waals surface area contributed by atoms with E-state index in [1.807, 2.05) is 18.2 Å². The lowest BCUT2D eigenvalue weighted by molar-refractivity contribution is -0.184. The maximum Gasteiger partial charge on any atom is 0.257 e. The Morgan fingerprint density at radius 2 is 2.23 bits per heavy atom. The van der Waals surface area contributed by atoms with E-state index in [4.69, 9.17) is 32.7 Å². The molecule has 5 rings (SSSR count). The molecule has 3 aromatic rings. The summed E-state index contributed by atoms with van der Waals surface area (Å²) in [5, 5.41) is 17.0. The third kappa shape index (κ3) is 3.22. The largest absolute Gasteiger partial charge is 0.387 e. The van der Waals surface area contributed by atoms with Gasteiger partial charge >= 0.3 is 0 Å². The van der Waals surface area contributed by atoms with Crippen molar-refractivity contribution in [2.24, 2.45) is 0 Å². The summed E-state index contributed by atoms with van der Waals surface area (Å²) in [4.78, 5) is 25.3. The number of carbonyl (C=O) groups excluding carboxylic acids is 1. The van der Waals surface area contributed by atoms with Crippen LogP contribution >= 0.6 is 23.2 Å². The van der Waals surface area contributed by atoms with Gasteiger partial charge in [-0.1, -0.05) is 23.7 Å². The third-order valence-electron chi connectivity index (χ3n) is 5.52. The Balaban J connectivity index is 1.47. The topological polar surface area (TPSA) is 123 Å². The lowest BCUT2D eigenvalue weighted by Gasteiger charge is -2.29. The fraction of sp³-hybridized carbons (Fsp3) is 0.368. The Hall–Kier alpha value is -2.50. The molecule has 2 aliphatic rings. The number of hydrogen-bond acceptors (Lipinski definition) is 8. The summed E-state index contributed by atoms with van der Waals surface area (Å²) in [5.74, 6) is -0.0229. The molecule has 12 heteroatoms. The first-order chi connectivity index (χ1) is 14.9. The second-order valence-corrected chi connectivity index (χ2v) is 8.12. The molecule has 1 amide bonds. The van der Waals surface area contributed by atoms with Crippen LogP contribution in [0, 0.1) is 0 Å². The first-order valence-electron chi connectivity index (χ1n) is 9.51. The minimum Gasteiger partial charge on any atom is -0.387 e. The number of rotatable bonds is 5. The van der Waals surface area contributed by atoms with Gasteiger partial charge in [-0.25, -0.2) is 4.98 Å². The second kappa shape index (κ2) is 7.57. The molecule has 2 aromatic heterocycles. The Morgan fingerprint density at radius 3 is 3.00 bits per heavy atom. The van der Waals surface area contributed by atoms with Crippen molar-refractivity contribution in [3.05, 3.63) is 46.5 Å². The number of likely N-dealkylation sites (N-methyl/N-ethyl adjacent to an activating group) is 1. The lowest BCUT2D eigenvalue weighted by atomic mass is 9.98. The summed E-state index contributed by atoms with van der Waals surface area (Å²) in [7, 11) is 1.48. The van der Waals surface area contributed by atoms with Gasteiger partial charge in [-0.3, -0.25) is 9.36 Å². The minimum absolute atomic E-state index is 0.00785. The van der Waals surface area contributed by atoms with E-state index < -0.39 is 29.9 Å². The number of imidazole rings is 1. The highest BCUT2D eigenvalue weighted by Crippen LogP contribution is 2.46. The highest BCUT2D eigenvalue weighted by molar-refractivity contribution is 6.30. The number of aromatic nitrogens is 4. The molecule has 3 N–H and O–H groups in total. The molecule has 0 radical (unpaired) electrons. The van der Waals surface area contributed by atoms with Crippen molar-refractivity contribution < 1.29 is 19.4 Å². The number of amides is 1. The molecule has 1 aromatic carbocycles. The predicted molar refractivity (Wildman–Crippen MR) is 112 cm³/mol. The molecular formula is C19H18Cl2N6O4. The third-order valence-corrected chi connectivity index (χ3v) is 5.92. The molecule has 0 saturated carbocycles. The summed E-state index contributed by atoms with van der Waals surface area (Å²) >= 11 is 12.2. The smallest absolute Gasteiger partial charge is 0.257 e. The SMILES string of the molecule is CNC(=O)[C@@]12CO[C@@H](C1O)[C@H](n1cnc3c(NCc4cccc(Cl)c4)nc(Cl)nc31)O2. The summed E-state index contributed by atoms with van der Waals surface area (Å²) in [6.45, 7) is 0.407. The molecule has 1 unspecified atom stereocenters. The number of fused-ring (bicyclic) bond motifs is 3. The van der Waals surface area contributed by atoms with Crippen molar-refractivity contribution in [1.29, 1.82) is 0 Å². The Labute approximate surface area is 186 Å². The van der Waals surface area contributed by atoms with Crippen molar-refractivity contribution in [2.75, 3.05) is 19.0 Å². The zero-order chi connectivity index (χ0) is 21.8. The van der Waals surface area contributed by atoms with Crippen LogP contribution in [-0.2, 0) is 20.8 Å². The van der Waals surface area contributed by atoms with E-state index >= 15 is 0 Å². The second-order valence-electron chi connectivity index (χ2n) is 7.35. The molecule has 2 bridgehead atoms. The molecule has 2 saturated heterocycles. The maximum atomic E-state index is 12.4. The number of aliphatic hydroxyl groups excluding tert-OH is 1. The van der Waals surface area contributed by atoms with Crippen LogP contribution in [-0.4, -0.2) is 62.0 Å². The molecule has 0 aliphatic carbocycles. The summed E-state index contributed by atoms with van der Waals surface area (Å²) in [6.07, 6.45) is -1.20. The van der Waals surface area contributed by atoms with E-state index in [1.165, 1.54) is 13.4 Å². The van der Waals surface area contributed by atoms with Gasteiger partial charge in [0.15, 0.2) is 23.2 Å². The van der Waals surface area contributed by atoms with Gasteiger partial charge in [0, 0.05) is 18.6 Å². The monoisotopic (exact) mass is 464 g/mol. The Morgan fingerprint density at radius 1 is 1.39 bits per heavy atom. The number of halogens is 2. The average molecular weight is 465 g/mol. The van der Waals surface area contributed by atoms with Crippen molar-refractivity contribution in [3.63, 3.8) is 0 Å². The van der Waals surface area contributed by atoms with E-state index in [1.54, 1.807) is 10.6 Å². The van der Waals surface area contributed by atoms with E-state index in [9.17, 15) is 9.90 Å². The minimum atomic E-state index is -1.48. The van der Waals surface area contributed by atoms with Crippen LogP contribution in [0.1, 0.15) is 11.8 Å². The molecule has 2 fully saturated rings. The highest BCUT2D eigenvalue weighted by Gasteiger charge is 2.65. The molecule has 10 nitrogen and oxygen atoms in total. The average Bonchev–Trinajstić information content (AvgIpc) is 3.41. The molecule has 4 atom stereocenters. The number of hydrogen-bond donors (Lipinski definition) is 3. The molecule has 0 spiro atoms. The number of ether oxygens (including phenoxy) is 2. The van der Waals surface area contributed by atoms with E-state index in [0.29, 0.717) is 28.5 Å². The van der Waals surface area contributed by atoms with Gasteiger partial charge in [0.2, 0.25) is 10.9 Å². The molecule has 4 heterocycles. The number of anilines is 1. The quantitative estimate of drug-likeness (QED) is 0.485. The van der Waals surface area contributed by atoms with Crippen LogP contribution in [0.4, 0.5) is 5.82 Å². The van der Waals surface area contributed by atoms with E-state index in [2.05, 4.69) is 25.6 Å². The number of benzene rings is 1. The fourth-order valence-electron chi connectivity index (χ4n) is 4.00. The normalized spacial score (nSPS) is 27.0. The van der Waals surface area contributed by atoms with Gasteiger partial charge in [0.05, 0.1) is 12.9 Å². The Bertz CT molecular complexity index is 1170. The number of carbonyl (C=O) groups is 1. The first-order valence-corrected chi connectivity index (χ1v) is 10.3. The van der Waals surface area contributed by atoms with E-state index in [-0.39, 0.29) is 11.9 Å². The van der Waals surface area contributed by atoms with E-state index in [0.717, 1.165) is 5.56 Å². The summed E-state index contributed by atoms with van der Waals surface area (Å²) in [5.41, 5.74) is 0.316. The van der Waals surface area contributed by atoms with Crippen molar-refractivity contribution >= 4 is 46.1 Å². The molecule has 31 heavy (non-hydrogen) atoms. The summed E-state index contributed by atoms with van der Waals surface area (Å²) < 4.78 is 13.2. The van der Waals surface area contributed by atoms with Crippen LogP contribution < -0.4 is 10.6 Å². The van der Waals surface area contributed by atoms with Crippen molar-refractivity contribution in [3.8, 4) is 0 Å². The van der Waals surface area contributed by atoms with Crippen LogP contribution in [0.25, 0.3) is 11.2 Å². The zero-order valence-electron chi connectivity index (χ0n) is 16.2. The van der Waals surface area contributed by atoms with Crippen LogP contribution in [0.5, 0.6) is 0 Å². The molecule has 162 valence electrons. The van der Waals surface area contributed by atoms with Gasteiger partial charge < -0.3 is 25.2 Å². The predicted octanol–water partition coefficient (Wildman–Crippen LogP) is 1.52. The number of aliphatic hydroxyl groups is 1.